The smallest absolute Gasteiger partial charge is 0.263 e. The van der Waals surface area contributed by atoms with E-state index < -0.39 is 0 Å². The average Bonchev–Trinajstić information content (AvgIpc) is 3.32. The molecule has 0 bridgehead atoms. The number of nitrogens with zero attached hydrogens (tertiary/aromatic N) is 3. The fourth-order valence-corrected chi connectivity index (χ4v) is 3.95. The second-order valence-corrected chi connectivity index (χ2v) is 9.11. The van der Waals surface area contributed by atoms with E-state index in [1.165, 1.54) is 22.2 Å². The van der Waals surface area contributed by atoms with Gasteiger partial charge in [-0.15, -0.1) is 11.3 Å². The van der Waals surface area contributed by atoms with Crippen molar-refractivity contribution in [2.45, 2.75) is 39.7 Å². The van der Waals surface area contributed by atoms with E-state index >= 15 is 0 Å². The number of carbonyl (C=O) groups excluding carboxylic acids is 1. The van der Waals surface area contributed by atoms with Crippen molar-refractivity contribution in [3.8, 4) is 11.1 Å². The van der Waals surface area contributed by atoms with Crippen LogP contribution < -0.4 is 10.9 Å². The van der Waals surface area contributed by atoms with E-state index in [4.69, 9.17) is 4.52 Å². The van der Waals surface area contributed by atoms with Gasteiger partial charge in [0.15, 0.2) is 0 Å². The molecule has 1 amide bonds. The van der Waals surface area contributed by atoms with Crippen molar-refractivity contribution < 1.29 is 9.32 Å². The summed E-state index contributed by atoms with van der Waals surface area (Å²) in [5, 5.41) is 9.08. The van der Waals surface area contributed by atoms with Gasteiger partial charge in [-0.25, -0.2) is 4.98 Å². The highest BCUT2D eigenvalue weighted by molar-refractivity contribution is 7.17. The van der Waals surface area contributed by atoms with Crippen LogP contribution in [0.1, 0.15) is 32.0 Å². The van der Waals surface area contributed by atoms with Crippen molar-refractivity contribution in [3.63, 3.8) is 0 Å². The average molecular weight is 423 g/mol. The number of thiophene rings is 1. The van der Waals surface area contributed by atoms with Gasteiger partial charge in [0, 0.05) is 22.4 Å². The highest BCUT2D eigenvalue weighted by Gasteiger charge is 2.20. The zero-order chi connectivity index (χ0) is 21.5. The first kappa shape index (κ1) is 20.0. The van der Waals surface area contributed by atoms with Crippen LogP contribution in [0, 0.1) is 6.92 Å². The van der Waals surface area contributed by atoms with Crippen molar-refractivity contribution in [1.82, 2.24) is 14.7 Å². The molecule has 0 atom stereocenters. The maximum Gasteiger partial charge on any atom is 0.263 e. The summed E-state index contributed by atoms with van der Waals surface area (Å²) in [5.74, 6) is -0.134. The number of carbonyl (C=O) groups is 1. The molecular weight excluding hydrogens is 400 g/mol. The third-order valence-electron chi connectivity index (χ3n) is 4.78. The lowest BCUT2D eigenvalue weighted by molar-refractivity contribution is -0.116. The Bertz CT molecular complexity index is 1280. The third-order valence-corrected chi connectivity index (χ3v) is 5.66. The molecule has 0 spiro atoms. The van der Waals surface area contributed by atoms with E-state index in [1.807, 2.05) is 57.3 Å². The number of amides is 1. The topological polar surface area (TPSA) is 90.0 Å². The number of rotatable bonds is 4. The molecule has 0 aliphatic carbocycles. The van der Waals surface area contributed by atoms with E-state index in [9.17, 15) is 9.59 Å². The zero-order valence-electron chi connectivity index (χ0n) is 17.2. The first-order chi connectivity index (χ1) is 14.2. The van der Waals surface area contributed by atoms with Crippen molar-refractivity contribution in [1.29, 1.82) is 0 Å². The summed E-state index contributed by atoms with van der Waals surface area (Å²) in [6.45, 7) is 7.86. The van der Waals surface area contributed by atoms with E-state index in [0.717, 1.165) is 22.4 Å². The molecule has 7 nitrogen and oxygen atoms in total. The molecule has 1 N–H and O–H groups in total. The molecule has 0 fully saturated rings. The van der Waals surface area contributed by atoms with Gasteiger partial charge in [-0.2, -0.15) is 0 Å². The summed E-state index contributed by atoms with van der Waals surface area (Å²) in [6, 6.07) is 9.67. The number of hydrogen-bond acceptors (Lipinski definition) is 6. The number of fused-ring (bicyclic) bond motifs is 1. The lowest BCUT2D eigenvalue weighted by Gasteiger charge is -2.12. The monoisotopic (exact) mass is 422 g/mol. The molecule has 0 aliphatic rings. The molecule has 0 radical (unpaired) electrons. The minimum absolute atomic E-state index is 0.170. The molecule has 0 aliphatic heterocycles. The SMILES string of the molecule is Cc1ccc(-c2csc3ncn(CC(=O)Nc4cc(C(C)(C)C)no4)c(=O)c23)cc1. The normalized spacial score (nSPS) is 11.7. The number of aromatic nitrogens is 3. The van der Waals surface area contributed by atoms with Crippen LogP contribution in [0.25, 0.3) is 21.3 Å². The first-order valence-corrected chi connectivity index (χ1v) is 10.4. The summed E-state index contributed by atoms with van der Waals surface area (Å²) in [7, 11) is 0. The van der Waals surface area contributed by atoms with E-state index in [2.05, 4.69) is 15.5 Å². The summed E-state index contributed by atoms with van der Waals surface area (Å²) < 4.78 is 6.50. The molecule has 0 saturated heterocycles. The number of hydrogen-bond donors (Lipinski definition) is 1. The van der Waals surface area contributed by atoms with Gasteiger partial charge in [0.05, 0.1) is 17.4 Å². The van der Waals surface area contributed by atoms with Gasteiger partial charge in [-0.3, -0.25) is 19.5 Å². The van der Waals surface area contributed by atoms with E-state index in [-0.39, 0.29) is 29.3 Å². The molecule has 30 heavy (non-hydrogen) atoms. The minimum atomic E-state index is -0.387. The van der Waals surface area contributed by atoms with Crippen LogP contribution in [0.15, 0.2) is 51.4 Å². The van der Waals surface area contributed by atoms with Crippen LogP contribution in [0.3, 0.4) is 0 Å². The van der Waals surface area contributed by atoms with Crippen molar-refractivity contribution >= 4 is 33.3 Å². The van der Waals surface area contributed by atoms with Crippen LogP contribution in [0.4, 0.5) is 5.88 Å². The Morgan fingerprint density at radius 2 is 1.97 bits per heavy atom. The van der Waals surface area contributed by atoms with Crippen LogP contribution >= 0.6 is 11.3 Å². The van der Waals surface area contributed by atoms with Crippen molar-refractivity contribution in [3.05, 3.63) is 63.7 Å². The highest BCUT2D eigenvalue weighted by atomic mass is 32.1. The molecule has 8 heteroatoms. The first-order valence-electron chi connectivity index (χ1n) is 9.53. The molecule has 3 heterocycles. The Hall–Kier alpha value is -3.26. The third kappa shape index (κ3) is 3.91. The zero-order valence-corrected chi connectivity index (χ0v) is 18.0. The molecule has 0 saturated carbocycles. The molecule has 1 aromatic carbocycles. The molecule has 4 aromatic rings. The molecule has 3 aromatic heterocycles. The van der Waals surface area contributed by atoms with Gasteiger partial charge in [-0.1, -0.05) is 55.8 Å². The maximum atomic E-state index is 13.1. The second-order valence-electron chi connectivity index (χ2n) is 8.25. The Morgan fingerprint density at radius 3 is 2.63 bits per heavy atom. The Balaban J connectivity index is 1.60. The fourth-order valence-electron chi connectivity index (χ4n) is 3.04. The summed E-state index contributed by atoms with van der Waals surface area (Å²) >= 11 is 1.41. The predicted octanol–water partition coefficient (Wildman–Crippen LogP) is 4.36. The molecule has 0 unspecified atom stereocenters. The number of anilines is 1. The summed E-state index contributed by atoms with van der Waals surface area (Å²) in [4.78, 5) is 30.6. The summed E-state index contributed by atoms with van der Waals surface area (Å²) in [6.07, 6.45) is 1.40. The van der Waals surface area contributed by atoms with Gasteiger partial charge in [-0.05, 0) is 12.5 Å². The van der Waals surface area contributed by atoms with Gasteiger partial charge in [0.2, 0.25) is 11.8 Å². The van der Waals surface area contributed by atoms with Gasteiger partial charge in [0.25, 0.3) is 5.56 Å². The lowest BCUT2D eigenvalue weighted by atomic mass is 9.92. The predicted molar refractivity (Wildman–Crippen MR) is 118 cm³/mol. The van der Waals surface area contributed by atoms with Crippen LogP contribution in [-0.4, -0.2) is 20.6 Å². The largest absolute Gasteiger partial charge is 0.338 e. The highest BCUT2D eigenvalue weighted by Crippen LogP contribution is 2.30. The van der Waals surface area contributed by atoms with Crippen molar-refractivity contribution in [2.24, 2.45) is 0 Å². The fraction of sp³-hybridized carbons (Fsp3) is 0.273. The van der Waals surface area contributed by atoms with E-state index in [1.54, 1.807) is 6.07 Å². The Morgan fingerprint density at radius 1 is 1.23 bits per heavy atom. The molecule has 154 valence electrons. The molecule has 4 rings (SSSR count). The standard InChI is InChI=1S/C22H22N4O3S/c1-13-5-7-14(8-6-13)15-11-30-20-19(15)21(28)26(12-23-20)10-17(27)24-18-9-16(25-29-18)22(2,3)4/h5-9,11-12H,10H2,1-4H3,(H,24,27). The van der Waals surface area contributed by atoms with Gasteiger partial charge in [0.1, 0.15) is 11.4 Å². The van der Waals surface area contributed by atoms with Crippen LogP contribution in [0.5, 0.6) is 0 Å². The molecular formula is C22H22N4O3S. The second kappa shape index (κ2) is 7.53. The Labute approximate surface area is 177 Å². The maximum absolute atomic E-state index is 13.1. The summed E-state index contributed by atoms with van der Waals surface area (Å²) in [5.41, 5.74) is 3.21. The quantitative estimate of drug-likeness (QED) is 0.528. The van der Waals surface area contributed by atoms with E-state index in [0.29, 0.717) is 10.2 Å². The number of nitrogens with one attached hydrogen (secondary N) is 1. The van der Waals surface area contributed by atoms with Crippen LogP contribution in [0.2, 0.25) is 0 Å². The number of aryl methyl sites for hydroxylation is 1. The minimum Gasteiger partial charge on any atom is -0.338 e. The Kier molecular flexibility index (Phi) is 5.03. The lowest BCUT2D eigenvalue weighted by Crippen LogP contribution is -2.27. The van der Waals surface area contributed by atoms with Gasteiger partial charge >= 0.3 is 0 Å². The van der Waals surface area contributed by atoms with Crippen molar-refractivity contribution in [2.75, 3.05) is 5.32 Å². The van der Waals surface area contributed by atoms with Gasteiger partial charge < -0.3 is 4.52 Å². The number of benzene rings is 1. The van der Waals surface area contributed by atoms with Crippen LogP contribution in [-0.2, 0) is 16.8 Å².